The third-order valence-corrected chi connectivity index (χ3v) is 5.42. The van der Waals surface area contributed by atoms with Crippen molar-refractivity contribution < 1.29 is 9.15 Å². The molecule has 2 aromatic carbocycles. The largest absolute Gasteiger partial charge is 0.482 e. The smallest absolute Gasteiger partial charge is 0.227 e. The Morgan fingerprint density at radius 3 is 2.27 bits per heavy atom. The Bertz CT molecular complexity index is 1010. The van der Waals surface area contributed by atoms with Crippen molar-refractivity contribution in [2.75, 3.05) is 26.2 Å². The van der Waals surface area contributed by atoms with Gasteiger partial charge in [0.2, 0.25) is 11.2 Å². The van der Waals surface area contributed by atoms with Crippen LogP contribution < -0.4 is 10.2 Å². The second kappa shape index (κ2) is 9.74. The highest BCUT2D eigenvalue weighted by atomic mass is 16.5. The zero-order chi connectivity index (χ0) is 20.8. The Hall–Kier alpha value is -2.89. The first kappa shape index (κ1) is 20.4. The maximum atomic E-state index is 12.4. The molecule has 0 unspecified atom stereocenters. The molecule has 0 radical (unpaired) electrons. The predicted molar refractivity (Wildman–Crippen MR) is 117 cm³/mol. The predicted octanol–water partition coefficient (Wildman–Crippen LogP) is 3.85. The van der Waals surface area contributed by atoms with E-state index >= 15 is 0 Å². The first-order valence-electron chi connectivity index (χ1n) is 10.4. The Kier molecular flexibility index (Phi) is 6.62. The lowest BCUT2D eigenvalue weighted by Gasteiger charge is -2.34. The first-order valence-corrected chi connectivity index (χ1v) is 10.4. The molecule has 0 atom stereocenters. The van der Waals surface area contributed by atoms with Crippen LogP contribution in [0.4, 0.5) is 0 Å². The highest BCUT2D eigenvalue weighted by Crippen LogP contribution is 2.14. The maximum Gasteiger partial charge on any atom is 0.227 e. The third-order valence-electron chi connectivity index (χ3n) is 5.42. The van der Waals surface area contributed by atoms with Gasteiger partial charge >= 0.3 is 0 Å². The standard InChI is InChI=1S/C25H28N2O3/c1-20-6-5-9-22(14-20)18-30-25-19-29-23(15-24(25)28)17-27-12-10-26(11-13-27)16-21-7-3-2-4-8-21/h2-9,14-15,19H,10-13,16-18H2,1H3. The molecule has 1 aliphatic heterocycles. The molecule has 5 nitrogen and oxygen atoms in total. The molecular weight excluding hydrogens is 376 g/mol. The summed E-state index contributed by atoms with van der Waals surface area (Å²) in [7, 11) is 0. The van der Waals surface area contributed by atoms with Crippen LogP contribution in [0.2, 0.25) is 0 Å². The molecule has 0 spiro atoms. The summed E-state index contributed by atoms with van der Waals surface area (Å²) in [4.78, 5) is 17.2. The molecule has 1 aromatic heterocycles. The number of nitrogens with zero attached hydrogens (tertiary/aromatic N) is 2. The van der Waals surface area contributed by atoms with Gasteiger partial charge in [-0.05, 0) is 18.1 Å². The molecule has 0 N–H and O–H groups in total. The van der Waals surface area contributed by atoms with Crippen molar-refractivity contribution in [3.8, 4) is 5.75 Å². The van der Waals surface area contributed by atoms with E-state index in [9.17, 15) is 4.79 Å². The van der Waals surface area contributed by atoms with E-state index in [1.165, 1.54) is 17.4 Å². The average Bonchev–Trinajstić information content (AvgIpc) is 2.75. The molecule has 1 saturated heterocycles. The van der Waals surface area contributed by atoms with E-state index in [-0.39, 0.29) is 11.2 Å². The lowest BCUT2D eigenvalue weighted by atomic mass is 10.1. The van der Waals surface area contributed by atoms with Gasteiger partial charge in [0.15, 0.2) is 0 Å². The van der Waals surface area contributed by atoms with E-state index in [0.717, 1.165) is 38.3 Å². The molecule has 0 amide bonds. The quantitative estimate of drug-likeness (QED) is 0.599. The van der Waals surface area contributed by atoms with Gasteiger partial charge in [-0.3, -0.25) is 14.6 Å². The fourth-order valence-electron chi connectivity index (χ4n) is 3.76. The Morgan fingerprint density at radius 2 is 1.57 bits per heavy atom. The topological polar surface area (TPSA) is 45.9 Å². The second-order valence-electron chi connectivity index (χ2n) is 7.89. The molecule has 1 aliphatic rings. The minimum Gasteiger partial charge on any atom is -0.482 e. The zero-order valence-corrected chi connectivity index (χ0v) is 17.4. The van der Waals surface area contributed by atoms with Crippen LogP contribution in [0.1, 0.15) is 22.5 Å². The lowest BCUT2D eigenvalue weighted by Crippen LogP contribution is -2.45. The Labute approximate surface area is 177 Å². The van der Waals surface area contributed by atoms with Gasteiger partial charge in [-0.15, -0.1) is 0 Å². The highest BCUT2D eigenvalue weighted by molar-refractivity contribution is 5.23. The van der Waals surface area contributed by atoms with Gasteiger partial charge in [-0.25, -0.2) is 0 Å². The molecule has 0 bridgehead atoms. The summed E-state index contributed by atoms with van der Waals surface area (Å²) in [6.45, 7) is 7.96. The van der Waals surface area contributed by atoms with Crippen LogP contribution in [-0.4, -0.2) is 36.0 Å². The summed E-state index contributed by atoms with van der Waals surface area (Å²) in [5, 5.41) is 0. The van der Waals surface area contributed by atoms with Crippen LogP contribution in [0.15, 0.2) is 76.1 Å². The van der Waals surface area contributed by atoms with Gasteiger partial charge in [0.05, 0.1) is 6.54 Å². The monoisotopic (exact) mass is 404 g/mol. The van der Waals surface area contributed by atoms with Gasteiger partial charge in [0.1, 0.15) is 18.6 Å². The Morgan fingerprint density at radius 1 is 0.867 bits per heavy atom. The van der Waals surface area contributed by atoms with Crippen LogP contribution in [-0.2, 0) is 19.7 Å². The number of hydrogen-bond donors (Lipinski definition) is 0. The molecule has 3 aromatic rings. The number of aryl methyl sites for hydroxylation is 1. The molecule has 30 heavy (non-hydrogen) atoms. The fraction of sp³-hybridized carbons (Fsp3) is 0.320. The van der Waals surface area contributed by atoms with Gasteiger partial charge in [-0.2, -0.15) is 0 Å². The minimum absolute atomic E-state index is 0.133. The summed E-state index contributed by atoms with van der Waals surface area (Å²) in [6, 6.07) is 20.2. The van der Waals surface area contributed by atoms with E-state index in [4.69, 9.17) is 9.15 Å². The number of rotatable bonds is 7. The normalized spacial score (nSPS) is 15.2. The van der Waals surface area contributed by atoms with Crippen LogP contribution in [0, 0.1) is 6.92 Å². The maximum absolute atomic E-state index is 12.4. The Balaban J connectivity index is 1.27. The lowest BCUT2D eigenvalue weighted by molar-refractivity contribution is 0.115. The summed E-state index contributed by atoms with van der Waals surface area (Å²) >= 11 is 0. The third kappa shape index (κ3) is 5.59. The zero-order valence-electron chi connectivity index (χ0n) is 17.4. The van der Waals surface area contributed by atoms with Crippen molar-refractivity contribution >= 4 is 0 Å². The van der Waals surface area contributed by atoms with Crippen molar-refractivity contribution in [3.63, 3.8) is 0 Å². The average molecular weight is 405 g/mol. The summed E-state index contributed by atoms with van der Waals surface area (Å²) in [5.41, 5.74) is 3.42. The first-order chi connectivity index (χ1) is 14.7. The van der Waals surface area contributed by atoms with Gasteiger partial charge in [-0.1, -0.05) is 60.2 Å². The molecular formula is C25H28N2O3. The molecule has 2 heterocycles. The van der Waals surface area contributed by atoms with Crippen LogP contribution in [0.3, 0.4) is 0 Å². The number of hydrogen-bond acceptors (Lipinski definition) is 5. The van der Waals surface area contributed by atoms with Crippen molar-refractivity contribution in [2.45, 2.75) is 26.6 Å². The number of piperazine rings is 1. The van der Waals surface area contributed by atoms with E-state index in [1.807, 2.05) is 37.3 Å². The van der Waals surface area contributed by atoms with Crippen LogP contribution >= 0.6 is 0 Å². The molecule has 156 valence electrons. The van der Waals surface area contributed by atoms with Crippen molar-refractivity contribution in [3.05, 3.63) is 99.6 Å². The summed E-state index contributed by atoms with van der Waals surface area (Å²) in [6.07, 6.45) is 1.44. The SMILES string of the molecule is Cc1cccc(COc2coc(CN3CCN(Cc4ccccc4)CC3)cc2=O)c1. The van der Waals surface area contributed by atoms with Gasteiger partial charge < -0.3 is 9.15 Å². The van der Waals surface area contributed by atoms with E-state index in [1.54, 1.807) is 6.07 Å². The number of benzene rings is 2. The van der Waals surface area contributed by atoms with E-state index in [0.29, 0.717) is 18.9 Å². The molecule has 0 aliphatic carbocycles. The fourth-order valence-corrected chi connectivity index (χ4v) is 3.76. The van der Waals surface area contributed by atoms with Gasteiger partial charge in [0.25, 0.3) is 0 Å². The van der Waals surface area contributed by atoms with E-state index in [2.05, 4.69) is 34.1 Å². The van der Waals surface area contributed by atoms with Crippen LogP contribution in [0.5, 0.6) is 5.75 Å². The van der Waals surface area contributed by atoms with Crippen molar-refractivity contribution in [2.24, 2.45) is 0 Å². The number of ether oxygens (including phenoxy) is 1. The summed E-state index contributed by atoms with van der Waals surface area (Å²) < 4.78 is 11.4. The van der Waals surface area contributed by atoms with Crippen LogP contribution in [0.25, 0.3) is 0 Å². The molecule has 5 heteroatoms. The molecule has 4 rings (SSSR count). The highest BCUT2D eigenvalue weighted by Gasteiger charge is 2.18. The second-order valence-corrected chi connectivity index (χ2v) is 7.89. The molecule has 1 fully saturated rings. The van der Waals surface area contributed by atoms with Crippen molar-refractivity contribution in [1.82, 2.24) is 9.80 Å². The van der Waals surface area contributed by atoms with Crippen molar-refractivity contribution in [1.29, 1.82) is 0 Å². The molecule has 0 saturated carbocycles. The van der Waals surface area contributed by atoms with Gasteiger partial charge in [0, 0.05) is 38.8 Å². The van der Waals surface area contributed by atoms with E-state index < -0.39 is 0 Å². The summed E-state index contributed by atoms with van der Waals surface area (Å²) in [5.74, 6) is 0.937. The minimum atomic E-state index is -0.133.